The molecule has 1 aliphatic heterocycles. The maximum absolute atomic E-state index is 12.0. The van der Waals surface area contributed by atoms with Gasteiger partial charge in [-0.05, 0) is 12.1 Å². The van der Waals surface area contributed by atoms with Crippen LogP contribution in [-0.4, -0.2) is 45.7 Å². The van der Waals surface area contributed by atoms with E-state index in [1.807, 2.05) is 30.0 Å². The summed E-state index contributed by atoms with van der Waals surface area (Å²) in [7, 11) is 0. The van der Waals surface area contributed by atoms with E-state index in [4.69, 9.17) is 16.1 Å². The lowest BCUT2D eigenvalue weighted by molar-refractivity contribution is 0.201. The fourth-order valence-electron chi connectivity index (χ4n) is 2.11. The molecule has 1 aromatic heterocycles. The van der Waals surface area contributed by atoms with Crippen LogP contribution in [0.25, 0.3) is 11.4 Å². The van der Waals surface area contributed by atoms with E-state index in [0.29, 0.717) is 22.3 Å². The monoisotopic (exact) mass is 338 g/mol. The minimum Gasteiger partial charge on any atom is -0.337 e. The van der Waals surface area contributed by atoms with Crippen LogP contribution < -0.4 is 5.32 Å². The Kier molecular flexibility index (Phi) is 4.84. The summed E-state index contributed by atoms with van der Waals surface area (Å²) >= 11 is 7.95. The van der Waals surface area contributed by atoms with Gasteiger partial charge in [-0.25, -0.2) is 4.79 Å². The van der Waals surface area contributed by atoms with Crippen molar-refractivity contribution in [3.8, 4) is 11.4 Å². The SMILES string of the molecule is O=C(NCc1nc(-c2ccccc2Cl)no1)N1CCSCC1. The standard InChI is InChI=1S/C14H15ClN4O2S/c15-11-4-2-1-3-10(11)13-17-12(21-18-13)9-16-14(20)19-5-7-22-8-6-19/h1-4H,5-9H2,(H,16,20). The molecule has 1 aromatic carbocycles. The molecule has 1 saturated heterocycles. The lowest BCUT2D eigenvalue weighted by atomic mass is 10.2. The Labute approximate surface area is 137 Å². The van der Waals surface area contributed by atoms with Gasteiger partial charge in [0, 0.05) is 30.2 Å². The molecule has 0 radical (unpaired) electrons. The van der Waals surface area contributed by atoms with Gasteiger partial charge in [0.15, 0.2) is 0 Å². The van der Waals surface area contributed by atoms with Crippen LogP contribution in [0.15, 0.2) is 28.8 Å². The first-order valence-corrected chi connectivity index (χ1v) is 8.45. The molecule has 8 heteroatoms. The van der Waals surface area contributed by atoms with Gasteiger partial charge in [-0.3, -0.25) is 0 Å². The predicted octanol–water partition coefficient (Wildman–Crippen LogP) is 2.65. The van der Waals surface area contributed by atoms with Gasteiger partial charge in [0.05, 0.1) is 11.6 Å². The van der Waals surface area contributed by atoms with Crippen molar-refractivity contribution in [2.45, 2.75) is 6.54 Å². The van der Waals surface area contributed by atoms with Gasteiger partial charge in [0.1, 0.15) is 0 Å². The van der Waals surface area contributed by atoms with Gasteiger partial charge >= 0.3 is 6.03 Å². The fourth-order valence-corrected chi connectivity index (χ4v) is 3.23. The first-order chi connectivity index (χ1) is 10.7. The summed E-state index contributed by atoms with van der Waals surface area (Å²) in [5, 5.41) is 7.26. The number of thioether (sulfide) groups is 1. The normalized spacial score (nSPS) is 14.9. The van der Waals surface area contributed by atoms with Crippen molar-refractivity contribution in [3.05, 3.63) is 35.2 Å². The predicted molar refractivity (Wildman–Crippen MR) is 85.9 cm³/mol. The molecular weight excluding hydrogens is 324 g/mol. The van der Waals surface area contributed by atoms with Crippen LogP contribution >= 0.6 is 23.4 Å². The van der Waals surface area contributed by atoms with E-state index in [-0.39, 0.29) is 12.6 Å². The number of halogens is 1. The van der Waals surface area contributed by atoms with E-state index >= 15 is 0 Å². The Bertz CT molecular complexity index is 658. The minimum absolute atomic E-state index is 0.0993. The van der Waals surface area contributed by atoms with Crippen molar-refractivity contribution >= 4 is 29.4 Å². The Morgan fingerprint density at radius 3 is 2.91 bits per heavy atom. The maximum Gasteiger partial charge on any atom is 0.317 e. The average Bonchev–Trinajstić information content (AvgIpc) is 3.02. The molecule has 0 bridgehead atoms. The van der Waals surface area contributed by atoms with Crippen LogP contribution in [0.5, 0.6) is 0 Å². The summed E-state index contributed by atoms with van der Waals surface area (Å²) in [5.74, 6) is 2.73. The molecule has 1 aliphatic rings. The highest BCUT2D eigenvalue weighted by molar-refractivity contribution is 7.99. The number of carbonyl (C=O) groups excluding carboxylic acids is 1. The first-order valence-electron chi connectivity index (χ1n) is 6.92. The summed E-state index contributed by atoms with van der Waals surface area (Å²) in [6, 6.07) is 7.18. The molecule has 2 amide bonds. The van der Waals surface area contributed by atoms with Gasteiger partial charge in [-0.1, -0.05) is 28.9 Å². The van der Waals surface area contributed by atoms with Crippen LogP contribution in [0.1, 0.15) is 5.89 Å². The molecule has 0 saturated carbocycles. The molecule has 0 unspecified atom stereocenters. The molecule has 0 spiro atoms. The number of hydrogen-bond acceptors (Lipinski definition) is 5. The van der Waals surface area contributed by atoms with Crippen LogP contribution in [0.4, 0.5) is 4.79 Å². The number of nitrogens with zero attached hydrogens (tertiary/aromatic N) is 3. The van der Waals surface area contributed by atoms with E-state index in [2.05, 4.69) is 15.5 Å². The maximum atomic E-state index is 12.0. The number of hydrogen-bond donors (Lipinski definition) is 1. The van der Waals surface area contributed by atoms with E-state index in [9.17, 15) is 4.79 Å². The lowest BCUT2D eigenvalue weighted by Crippen LogP contribution is -2.44. The summed E-state index contributed by atoms with van der Waals surface area (Å²) < 4.78 is 5.15. The Hall–Kier alpha value is -1.73. The molecule has 2 heterocycles. The third-order valence-electron chi connectivity index (χ3n) is 3.27. The molecule has 3 rings (SSSR count). The molecule has 116 valence electrons. The molecule has 0 atom stereocenters. The number of benzene rings is 1. The van der Waals surface area contributed by atoms with Gasteiger partial charge in [0.25, 0.3) is 0 Å². The Balaban J connectivity index is 1.60. The molecule has 1 N–H and O–H groups in total. The largest absolute Gasteiger partial charge is 0.337 e. The van der Waals surface area contributed by atoms with E-state index in [1.165, 1.54) is 0 Å². The van der Waals surface area contributed by atoms with Gasteiger partial charge in [-0.15, -0.1) is 0 Å². The van der Waals surface area contributed by atoms with Gasteiger partial charge in [-0.2, -0.15) is 16.7 Å². The van der Waals surface area contributed by atoms with Crippen molar-refractivity contribution in [2.24, 2.45) is 0 Å². The number of urea groups is 1. The van der Waals surface area contributed by atoms with Crippen molar-refractivity contribution in [1.82, 2.24) is 20.4 Å². The van der Waals surface area contributed by atoms with E-state index in [0.717, 1.165) is 24.6 Å². The van der Waals surface area contributed by atoms with Gasteiger partial charge < -0.3 is 14.7 Å². The number of rotatable bonds is 3. The smallest absolute Gasteiger partial charge is 0.317 e. The van der Waals surface area contributed by atoms with Crippen molar-refractivity contribution in [2.75, 3.05) is 24.6 Å². The highest BCUT2D eigenvalue weighted by Gasteiger charge is 2.17. The second-order valence-electron chi connectivity index (χ2n) is 4.75. The molecule has 0 aliphatic carbocycles. The molecule has 22 heavy (non-hydrogen) atoms. The molecular formula is C14H15ClN4O2S. The van der Waals surface area contributed by atoms with Crippen LogP contribution in [0, 0.1) is 0 Å². The number of carbonyl (C=O) groups is 1. The second-order valence-corrected chi connectivity index (χ2v) is 6.38. The lowest BCUT2D eigenvalue weighted by Gasteiger charge is -2.26. The fraction of sp³-hybridized carbons (Fsp3) is 0.357. The zero-order valence-electron chi connectivity index (χ0n) is 11.8. The zero-order chi connectivity index (χ0) is 15.4. The van der Waals surface area contributed by atoms with Crippen LogP contribution in [-0.2, 0) is 6.54 Å². The van der Waals surface area contributed by atoms with Crippen LogP contribution in [0.2, 0.25) is 5.02 Å². The van der Waals surface area contributed by atoms with Crippen LogP contribution in [0.3, 0.4) is 0 Å². The molecule has 1 fully saturated rings. The van der Waals surface area contributed by atoms with Crippen molar-refractivity contribution < 1.29 is 9.32 Å². The average molecular weight is 339 g/mol. The molecule has 2 aromatic rings. The van der Waals surface area contributed by atoms with Crippen molar-refractivity contribution in [1.29, 1.82) is 0 Å². The third kappa shape index (κ3) is 3.53. The Morgan fingerprint density at radius 1 is 1.36 bits per heavy atom. The summed E-state index contributed by atoms with van der Waals surface area (Å²) in [6.45, 7) is 1.75. The number of amides is 2. The summed E-state index contributed by atoms with van der Waals surface area (Å²) in [6.07, 6.45) is 0. The Morgan fingerprint density at radius 2 is 2.14 bits per heavy atom. The highest BCUT2D eigenvalue weighted by atomic mass is 35.5. The summed E-state index contributed by atoms with van der Waals surface area (Å²) in [4.78, 5) is 18.0. The molecule has 6 nitrogen and oxygen atoms in total. The van der Waals surface area contributed by atoms with Gasteiger partial charge in [0.2, 0.25) is 11.7 Å². The minimum atomic E-state index is -0.0993. The highest BCUT2D eigenvalue weighted by Crippen LogP contribution is 2.24. The topological polar surface area (TPSA) is 71.3 Å². The quantitative estimate of drug-likeness (QED) is 0.931. The second kappa shape index (κ2) is 7.02. The van der Waals surface area contributed by atoms with E-state index in [1.54, 1.807) is 11.0 Å². The van der Waals surface area contributed by atoms with E-state index < -0.39 is 0 Å². The number of aromatic nitrogens is 2. The first kappa shape index (κ1) is 15.2. The summed E-state index contributed by atoms with van der Waals surface area (Å²) in [5.41, 5.74) is 0.707. The number of nitrogens with one attached hydrogen (secondary N) is 1. The zero-order valence-corrected chi connectivity index (χ0v) is 13.4. The third-order valence-corrected chi connectivity index (χ3v) is 4.54. The van der Waals surface area contributed by atoms with Crippen molar-refractivity contribution in [3.63, 3.8) is 0 Å².